The van der Waals surface area contributed by atoms with Crippen molar-refractivity contribution in [1.82, 2.24) is 10.2 Å². The molecule has 3 aromatic carbocycles. The first-order valence-electron chi connectivity index (χ1n) is 13.6. The molecule has 8 heteroatoms. The van der Waals surface area contributed by atoms with E-state index in [0.29, 0.717) is 12.2 Å². The molecule has 7 nitrogen and oxygen atoms in total. The van der Waals surface area contributed by atoms with Gasteiger partial charge in [-0.25, -0.2) is 8.42 Å². The first-order valence-corrected chi connectivity index (χ1v) is 15.0. The van der Waals surface area contributed by atoms with E-state index in [1.165, 1.54) is 9.21 Å². The Bertz CT molecular complexity index is 1430. The summed E-state index contributed by atoms with van der Waals surface area (Å²) in [4.78, 5) is 28.7. The lowest BCUT2D eigenvalue weighted by Crippen LogP contribution is -2.51. The van der Waals surface area contributed by atoms with Gasteiger partial charge in [0.15, 0.2) is 0 Å². The summed E-state index contributed by atoms with van der Waals surface area (Å²) in [6.07, 6.45) is 0. The van der Waals surface area contributed by atoms with Crippen molar-refractivity contribution in [3.63, 3.8) is 0 Å². The Morgan fingerprint density at radius 2 is 1.35 bits per heavy atom. The molecule has 1 N–H and O–H groups in total. The van der Waals surface area contributed by atoms with E-state index in [1.807, 2.05) is 77.9 Å². The smallest absolute Gasteiger partial charge is 0.264 e. The molecule has 0 spiro atoms. The molecule has 0 aliphatic carbocycles. The van der Waals surface area contributed by atoms with Crippen LogP contribution in [0.5, 0.6) is 0 Å². The molecule has 2 amide bonds. The van der Waals surface area contributed by atoms with E-state index in [4.69, 9.17) is 0 Å². The molecule has 0 bridgehead atoms. The molecule has 40 heavy (non-hydrogen) atoms. The molecule has 0 saturated carbocycles. The quantitative estimate of drug-likeness (QED) is 0.343. The number of hydrogen-bond donors (Lipinski definition) is 1. The molecule has 0 fully saturated rings. The minimum Gasteiger partial charge on any atom is -0.354 e. The summed E-state index contributed by atoms with van der Waals surface area (Å²) < 4.78 is 29.2. The highest BCUT2D eigenvalue weighted by molar-refractivity contribution is 7.92. The van der Waals surface area contributed by atoms with Crippen molar-refractivity contribution in [2.24, 2.45) is 5.92 Å². The Morgan fingerprint density at radius 3 is 1.93 bits per heavy atom. The molecule has 0 unspecified atom stereocenters. The van der Waals surface area contributed by atoms with Gasteiger partial charge in [0.1, 0.15) is 12.6 Å². The molecule has 1 atom stereocenters. The fraction of sp³-hybridized carbons (Fsp3) is 0.375. The van der Waals surface area contributed by atoms with Gasteiger partial charge in [0.2, 0.25) is 11.8 Å². The number of hydrogen-bond acceptors (Lipinski definition) is 4. The van der Waals surface area contributed by atoms with Crippen LogP contribution in [0.4, 0.5) is 5.69 Å². The first-order chi connectivity index (χ1) is 18.8. The van der Waals surface area contributed by atoms with Crippen molar-refractivity contribution >= 4 is 27.5 Å². The van der Waals surface area contributed by atoms with Crippen molar-refractivity contribution in [2.75, 3.05) is 17.4 Å². The van der Waals surface area contributed by atoms with Crippen LogP contribution in [0.25, 0.3) is 0 Å². The van der Waals surface area contributed by atoms with E-state index in [9.17, 15) is 18.0 Å². The van der Waals surface area contributed by atoms with Gasteiger partial charge >= 0.3 is 0 Å². The molecule has 3 aromatic rings. The van der Waals surface area contributed by atoms with Gasteiger partial charge in [-0.2, -0.15) is 0 Å². The number of benzene rings is 3. The average Bonchev–Trinajstić information content (AvgIpc) is 2.91. The van der Waals surface area contributed by atoms with E-state index in [0.717, 1.165) is 27.8 Å². The second kappa shape index (κ2) is 13.1. The Morgan fingerprint density at radius 1 is 0.800 bits per heavy atom. The fourth-order valence-corrected chi connectivity index (χ4v) is 5.73. The van der Waals surface area contributed by atoms with Crippen LogP contribution >= 0.6 is 0 Å². The van der Waals surface area contributed by atoms with Crippen LogP contribution in [0.3, 0.4) is 0 Å². The summed E-state index contributed by atoms with van der Waals surface area (Å²) >= 11 is 0. The third kappa shape index (κ3) is 7.72. The monoisotopic (exact) mass is 563 g/mol. The third-order valence-corrected chi connectivity index (χ3v) is 8.62. The van der Waals surface area contributed by atoms with E-state index >= 15 is 0 Å². The van der Waals surface area contributed by atoms with Crippen LogP contribution in [0.1, 0.15) is 48.6 Å². The van der Waals surface area contributed by atoms with Crippen LogP contribution in [0.2, 0.25) is 0 Å². The third-order valence-electron chi connectivity index (χ3n) is 6.85. The zero-order chi connectivity index (χ0) is 29.6. The maximum Gasteiger partial charge on any atom is 0.264 e. The number of amides is 2. The minimum absolute atomic E-state index is 0.0969. The number of sulfonamides is 1. The SMILES string of the molecule is Cc1ccc(CN(C(=O)CN(c2cc(C)ccc2C)S(=O)(=O)c2ccc(C)cc2)[C@@H](C)C(=O)NCC(C)C)cc1. The van der Waals surface area contributed by atoms with Crippen molar-refractivity contribution in [3.05, 3.63) is 94.5 Å². The molecular formula is C32H41N3O4S. The van der Waals surface area contributed by atoms with Crippen LogP contribution in [-0.2, 0) is 26.2 Å². The summed E-state index contributed by atoms with van der Waals surface area (Å²) in [5.41, 5.74) is 4.88. The number of nitrogens with zero attached hydrogens (tertiary/aromatic N) is 2. The highest BCUT2D eigenvalue weighted by atomic mass is 32.2. The Labute approximate surface area is 239 Å². The number of carbonyl (C=O) groups excluding carboxylic acids is 2. The fourth-order valence-electron chi connectivity index (χ4n) is 4.26. The Kier molecular flexibility index (Phi) is 10.1. The maximum atomic E-state index is 14.1. The predicted molar refractivity (Wildman–Crippen MR) is 161 cm³/mol. The van der Waals surface area contributed by atoms with Gasteiger partial charge in [0.25, 0.3) is 10.0 Å². The predicted octanol–water partition coefficient (Wildman–Crippen LogP) is 5.31. The molecular weight excluding hydrogens is 522 g/mol. The molecule has 0 aliphatic heterocycles. The zero-order valence-electron chi connectivity index (χ0n) is 24.6. The largest absolute Gasteiger partial charge is 0.354 e. The van der Waals surface area contributed by atoms with Gasteiger partial charge < -0.3 is 10.2 Å². The second-order valence-electron chi connectivity index (χ2n) is 10.9. The second-order valence-corrected chi connectivity index (χ2v) is 12.8. The van der Waals surface area contributed by atoms with Crippen molar-refractivity contribution in [3.8, 4) is 0 Å². The van der Waals surface area contributed by atoms with Crippen molar-refractivity contribution in [2.45, 2.75) is 65.9 Å². The van der Waals surface area contributed by atoms with Crippen molar-refractivity contribution < 1.29 is 18.0 Å². The minimum atomic E-state index is -4.10. The lowest BCUT2D eigenvalue weighted by atomic mass is 10.1. The van der Waals surface area contributed by atoms with Crippen LogP contribution in [0, 0.1) is 33.6 Å². The zero-order valence-corrected chi connectivity index (χ0v) is 25.4. The molecule has 214 valence electrons. The van der Waals surface area contributed by atoms with Crippen LogP contribution < -0.4 is 9.62 Å². The lowest BCUT2D eigenvalue weighted by molar-refractivity contribution is -0.139. The van der Waals surface area contributed by atoms with Gasteiger partial charge in [-0.3, -0.25) is 13.9 Å². The van der Waals surface area contributed by atoms with E-state index in [-0.39, 0.29) is 23.3 Å². The van der Waals surface area contributed by atoms with Gasteiger partial charge in [0, 0.05) is 13.1 Å². The molecule has 0 radical (unpaired) electrons. The topological polar surface area (TPSA) is 86.8 Å². The van der Waals surface area contributed by atoms with E-state index in [1.54, 1.807) is 37.3 Å². The first kappa shape index (κ1) is 30.9. The molecule has 0 aliphatic rings. The molecule has 0 saturated heterocycles. The van der Waals surface area contributed by atoms with Crippen LogP contribution in [0.15, 0.2) is 71.6 Å². The molecule has 0 heterocycles. The average molecular weight is 564 g/mol. The number of aryl methyl sites for hydroxylation is 4. The highest BCUT2D eigenvalue weighted by Crippen LogP contribution is 2.28. The summed E-state index contributed by atoms with van der Waals surface area (Å²) in [6.45, 7) is 13.4. The van der Waals surface area contributed by atoms with Crippen LogP contribution in [-0.4, -0.2) is 44.3 Å². The lowest BCUT2D eigenvalue weighted by Gasteiger charge is -2.32. The Balaban J connectivity index is 2.05. The number of anilines is 1. The summed E-state index contributed by atoms with van der Waals surface area (Å²) in [5, 5.41) is 2.91. The maximum absolute atomic E-state index is 14.1. The van der Waals surface area contributed by atoms with Gasteiger partial charge in [-0.05, 0) is 75.4 Å². The summed E-state index contributed by atoms with van der Waals surface area (Å²) in [5.74, 6) is -0.505. The standard InChI is InChI=1S/C32H41N3O4S/c1-22(2)19-33-32(37)27(7)34(20-28-14-9-23(3)10-15-28)31(36)21-35(30-18-25(5)8-13-26(30)6)40(38,39)29-16-11-24(4)12-17-29/h8-18,22,27H,19-21H2,1-7H3,(H,33,37)/t27-/m0/s1. The summed E-state index contributed by atoms with van der Waals surface area (Å²) in [7, 11) is -4.10. The molecule has 3 rings (SSSR count). The number of nitrogens with one attached hydrogen (secondary N) is 1. The number of rotatable bonds is 11. The highest BCUT2D eigenvalue weighted by Gasteiger charge is 2.33. The normalized spacial score (nSPS) is 12.2. The van der Waals surface area contributed by atoms with Crippen molar-refractivity contribution in [1.29, 1.82) is 0 Å². The van der Waals surface area contributed by atoms with Gasteiger partial charge in [-0.1, -0.05) is 73.5 Å². The number of carbonyl (C=O) groups is 2. The molecule has 0 aromatic heterocycles. The van der Waals surface area contributed by atoms with Gasteiger partial charge in [0.05, 0.1) is 10.6 Å². The van der Waals surface area contributed by atoms with Gasteiger partial charge in [-0.15, -0.1) is 0 Å². The van der Waals surface area contributed by atoms with E-state index < -0.39 is 28.5 Å². The Hall–Kier alpha value is -3.65. The summed E-state index contributed by atoms with van der Waals surface area (Å²) in [6, 6.07) is 19.0. The van der Waals surface area contributed by atoms with E-state index in [2.05, 4.69) is 5.32 Å².